The molecule has 12 heteroatoms. The Balaban J connectivity index is 1.15. The molecule has 0 spiro atoms. The lowest BCUT2D eigenvalue weighted by atomic mass is 9.86. The largest absolute Gasteiger partial charge is 0.489 e. The van der Waals surface area contributed by atoms with Crippen molar-refractivity contribution in [2.24, 2.45) is 0 Å². The molecule has 0 unspecified atom stereocenters. The second-order valence-corrected chi connectivity index (χ2v) is 11.7. The highest BCUT2D eigenvalue weighted by Gasteiger charge is 2.44. The number of aromatic nitrogens is 2. The van der Waals surface area contributed by atoms with E-state index in [2.05, 4.69) is 10.1 Å². The minimum absolute atomic E-state index is 0.0896. The number of aliphatic hydroxyl groups is 1. The topological polar surface area (TPSA) is 97.9 Å². The van der Waals surface area contributed by atoms with E-state index in [1.165, 1.54) is 24.6 Å². The number of carbonyl (C=O) groups is 1. The molecular weight excluding hydrogens is 620 g/mol. The van der Waals surface area contributed by atoms with Crippen LogP contribution in [0.1, 0.15) is 52.9 Å². The lowest BCUT2D eigenvalue weighted by Gasteiger charge is -2.47. The Hall–Kier alpha value is -3.63. The molecule has 0 amide bonds. The number of rotatable bonds is 9. The van der Waals surface area contributed by atoms with E-state index >= 15 is 0 Å². The maximum atomic E-state index is 13.8. The van der Waals surface area contributed by atoms with Crippen LogP contribution in [0.4, 0.5) is 10.2 Å². The fourth-order valence-electron chi connectivity index (χ4n) is 5.02. The molecule has 1 aliphatic heterocycles. The maximum absolute atomic E-state index is 13.8. The summed E-state index contributed by atoms with van der Waals surface area (Å²) < 4.78 is 30.5. The summed E-state index contributed by atoms with van der Waals surface area (Å²) in [5, 5.41) is 16.1. The fourth-order valence-corrected chi connectivity index (χ4v) is 6.01. The van der Waals surface area contributed by atoms with E-state index in [-0.39, 0.29) is 35.7 Å². The molecule has 1 saturated heterocycles. The van der Waals surface area contributed by atoms with Crippen molar-refractivity contribution in [1.82, 2.24) is 10.1 Å². The van der Waals surface area contributed by atoms with E-state index in [4.69, 9.17) is 48.8 Å². The molecule has 0 radical (unpaired) electrons. The molecule has 4 aromatic rings. The third kappa shape index (κ3) is 5.95. The first-order chi connectivity index (χ1) is 20.7. The Morgan fingerprint density at radius 3 is 2.51 bits per heavy atom. The van der Waals surface area contributed by atoms with Gasteiger partial charge in [-0.25, -0.2) is 14.2 Å². The molecule has 2 fully saturated rings. The summed E-state index contributed by atoms with van der Waals surface area (Å²) in [6, 6.07) is 10.8. The summed E-state index contributed by atoms with van der Waals surface area (Å²) in [5.41, 5.74) is 1.14. The first-order valence-electron chi connectivity index (χ1n) is 13.5. The quantitative estimate of drug-likeness (QED) is 0.146. The number of allylic oxidation sites excluding steroid dienone is 1. The van der Waals surface area contributed by atoms with Gasteiger partial charge in [0, 0.05) is 23.2 Å². The van der Waals surface area contributed by atoms with Crippen LogP contribution in [-0.4, -0.2) is 34.3 Å². The van der Waals surface area contributed by atoms with Crippen LogP contribution >= 0.6 is 34.8 Å². The lowest BCUT2D eigenvalue weighted by molar-refractivity contribution is 0.00710. The molecular formula is C31H25Cl3FN3O5. The van der Waals surface area contributed by atoms with Crippen molar-refractivity contribution in [2.75, 3.05) is 18.0 Å². The first-order valence-corrected chi connectivity index (χ1v) is 14.6. The zero-order valence-electron chi connectivity index (χ0n) is 22.8. The van der Waals surface area contributed by atoms with E-state index in [0.717, 1.165) is 12.8 Å². The summed E-state index contributed by atoms with van der Waals surface area (Å²) >= 11 is 19.3. The molecule has 2 aromatic carbocycles. The maximum Gasteiger partial charge on any atom is 0.344 e. The van der Waals surface area contributed by atoms with Crippen molar-refractivity contribution in [3.05, 3.63) is 104 Å². The summed E-state index contributed by atoms with van der Waals surface area (Å²) in [5.74, 6) is 0.941. The van der Waals surface area contributed by atoms with Crippen LogP contribution in [0, 0.1) is 5.82 Å². The van der Waals surface area contributed by atoms with Gasteiger partial charge in [0.05, 0.1) is 45.5 Å². The summed E-state index contributed by atoms with van der Waals surface area (Å²) in [7, 11) is 0. The number of anilines is 1. The molecule has 1 saturated carbocycles. The zero-order valence-corrected chi connectivity index (χ0v) is 25.1. The fraction of sp³-hybridized carbons (Fsp3) is 0.258. The van der Waals surface area contributed by atoms with E-state index in [0.29, 0.717) is 50.3 Å². The number of halogens is 4. The Morgan fingerprint density at radius 2 is 1.88 bits per heavy atom. The lowest BCUT2D eigenvalue weighted by Crippen LogP contribution is -2.60. The molecule has 0 bridgehead atoms. The van der Waals surface area contributed by atoms with Crippen LogP contribution in [0.2, 0.25) is 15.1 Å². The number of benzene rings is 2. The van der Waals surface area contributed by atoms with E-state index in [9.17, 15) is 14.3 Å². The van der Waals surface area contributed by atoms with Gasteiger partial charge >= 0.3 is 5.97 Å². The van der Waals surface area contributed by atoms with Crippen molar-refractivity contribution in [1.29, 1.82) is 0 Å². The number of esters is 1. The Labute approximate surface area is 261 Å². The third-order valence-electron chi connectivity index (χ3n) is 7.36. The molecule has 2 aliphatic rings. The van der Waals surface area contributed by atoms with E-state index < -0.39 is 17.4 Å². The summed E-state index contributed by atoms with van der Waals surface area (Å²) in [4.78, 5) is 18.2. The smallest absolute Gasteiger partial charge is 0.344 e. The van der Waals surface area contributed by atoms with Gasteiger partial charge in [-0.15, -0.1) is 0 Å². The van der Waals surface area contributed by atoms with Gasteiger partial charge in [0.2, 0.25) is 0 Å². The Kier molecular flexibility index (Phi) is 8.08. The van der Waals surface area contributed by atoms with E-state index in [1.54, 1.807) is 43.3 Å². The minimum atomic E-state index is -1.20. The van der Waals surface area contributed by atoms with Crippen molar-refractivity contribution >= 4 is 46.6 Å². The van der Waals surface area contributed by atoms with Crippen molar-refractivity contribution in [2.45, 2.75) is 37.9 Å². The molecule has 8 nitrogen and oxygen atoms in total. The van der Waals surface area contributed by atoms with Crippen molar-refractivity contribution in [3.8, 4) is 17.0 Å². The summed E-state index contributed by atoms with van der Waals surface area (Å²) in [6.07, 6.45) is 6.29. The number of hydrogen-bond acceptors (Lipinski definition) is 8. The number of carbonyl (C=O) groups excluding carboxylic acids is 1. The zero-order chi connectivity index (χ0) is 30.3. The number of ether oxygens (including phenoxy) is 2. The first kappa shape index (κ1) is 29.4. The predicted octanol–water partition coefficient (Wildman–Crippen LogP) is 7.69. The standard InChI is InChI=1S/C31H25Cl3FN3O5/c1-2-9-41-30(39)18-5-8-26(36-13-18)38-15-31(40,16-38)22-7-6-20(12-23(22)32)42-14-21-28(37-43-29(21)17-3-4-17)27-24(33)10-19(35)11-25(27)34/h2,5-13,17,40H,3-4,14-16H2,1H3/b9-2+. The van der Waals surface area contributed by atoms with Gasteiger partial charge in [-0.2, -0.15) is 0 Å². The third-order valence-corrected chi connectivity index (χ3v) is 8.27. The van der Waals surface area contributed by atoms with Gasteiger partial charge < -0.3 is 24.0 Å². The predicted molar refractivity (Wildman–Crippen MR) is 160 cm³/mol. The van der Waals surface area contributed by atoms with E-state index in [1.807, 2.05) is 4.90 Å². The molecule has 0 atom stereocenters. The highest BCUT2D eigenvalue weighted by atomic mass is 35.5. The monoisotopic (exact) mass is 643 g/mol. The van der Waals surface area contributed by atoms with Crippen LogP contribution in [0.25, 0.3) is 11.3 Å². The number of pyridine rings is 1. The average Bonchev–Trinajstić information content (AvgIpc) is 3.73. The molecule has 43 heavy (non-hydrogen) atoms. The van der Waals surface area contributed by atoms with Crippen LogP contribution in [0.15, 0.2) is 65.5 Å². The van der Waals surface area contributed by atoms with Crippen LogP contribution in [-0.2, 0) is 16.9 Å². The Morgan fingerprint density at radius 1 is 1.14 bits per heavy atom. The normalized spacial score (nSPS) is 15.9. The number of nitrogens with zero attached hydrogens (tertiary/aromatic N) is 3. The highest BCUT2D eigenvalue weighted by molar-refractivity contribution is 6.39. The second-order valence-electron chi connectivity index (χ2n) is 10.5. The molecule has 222 valence electrons. The SMILES string of the molecule is C/C=C/OC(=O)c1ccc(N2CC(O)(c3ccc(OCc4c(-c5c(Cl)cc(F)cc5Cl)noc4C4CC4)cc3Cl)C2)nc1. The average molecular weight is 645 g/mol. The molecule has 2 aromatic heterocycles. The second kappa shape index (κ2) is 11.8. The van der Waals surface area contributed by atoms with Crippen LogP contribution in [0.3, 0.4) is 0 Å². The van der Waals surface area contributed by atoms with Crippen LogP contribution < -0.4 is 9.64 Å². The van der Waals surface area contributed by atoms with Gasteiger partial charge in [-0.1, -0.05) is 52.1 Å². The molecule has 1 aliphatic carbocycles. The Bertz CT molecular complexity index is 1690. The molecule has 3 heterocycles. The van der Waals surface area contributed by atoms with Crippen LogP contribution in [0.5, 0.6) is 5.75 Å². The van der Waals surface area contributed by atoms with Gasteiger partial charge in [0.15, 0.2) is 0 Å². The number of hydrogen-bond donors (Lipinski definition) is 1. The van der Waals surface area contributed by atoms with Gasteiger partial charge in [0.1, 0.15) is 41.0 Å². The summed E-state index contributed by atoms with van der Waals surface area (Å²) in [6.45, 7) is 2.36. The molecule has 6 rings (SSSR count). The van der Waals surface area contributed by atoms with Crippen molar-refractivity contribution < 1.29 is 28.3 Å². The minimum Gasteiger partial charge on any atom is -0.489 e. The van der Waals surface area contributed by atoms with Gasteiger partial charge in [0.25, 0.3) is 0 Å². The van der Waals surface area contributed by atoms with Gasteiger partial charge in [-0.05, 0) is 56.2 Å². The highest BCUT2D eigenvalue weighted by Crippen LogP contribution is 2.46. The molecule has 1 N–H and O–H groups in total. The van der Waals surface area contributed by atoms with Crippen molar-refractivity contribution in [3.63, 3.8) is 0 Å². The van der Waals surface area contributed by atoms with Gasteiger partial charge in [-0.3, -0.25) is 0 Å². The number of β-amino-alcohol motifs (C(OH)–C–C–N with tert-alkyl or cyclic N) is 1.